The van der Waals surface area contributed by atoms with Gasteiger partial charge in [-0.25, -0.2) is 4.79 Å². The Morgan fingerprint density at radius 3 is 2.32 bits per heavy atom. The molecule has 2 aliphatic heterocycles. The minimum Gasteiger partial charge on any atom is -0.335 e. The summed E-state index contributed by atoms with van der Waals surface area (Å²) in [6.45, 7) is 9.29. The van der Waals surface area contributed by atoms with Crippen molar-refractivity contribution >= 4 is 17.6 Å². The Morgan fingerprint density at radius 1 is 1.12 bits per heavy atom. The van der Waals surface area contributed by atoms with Crippen LogP contribution in [0.5, 0.6) is 0 Å². The average molecular weight is 364 g/mol. The second-order valence-corrected chi connectivity index (χ2v) is 8.41. The highest BCUT2D eigenvalue weighted by Crippen LogP contribution is 2.21. The van der Waals surface area contributed by atoms with E-state index in [0.29, 0.717) is 17.9 Å². The Morgan fingerprint density at radius 2 is 1.72 bits per heavy atom. The molecule has 0 spiro atoms. The van der Waals surface area contributed by atoms with E-state index in [-0.39, 0.29) is 6.03 Å². The smallest absolute Gasteiger partial charge is 0.317 e. The Kier molecular flexibility index (Phi) is 6.24. The summed E-state index contributed by atoms with van der Waals surface area (Å²) in [5, 5.41) is 4.05. The number of rotatable bonds is 3. The van der Waals surface area contributed by atoms with Gasteiger partial charge in [-0.1, -0.05) is 37.6 Å². The first-order valence-electron chi connectivity index (χ1n) is 9.52. The van der Waals surface area contributed by atoms with Crippen LogP contribution in [0.1, 0.15) is 38.7 Å². The minimum atomic E-state index is 0.134. The zero-order chi connectivity index (χ0) is 17.8. The SMILES string of the molecule is CC1CC(C)CN(C(=O)NC2CCN(Cc3ccc(Cl)cc3)CC2)C1. The molecule has 25 heavy (non-hydrogen) atoms. The molecule has 0 radical (unpaired) electrons. The van der Waals surface area contributed by atoms with E-state index in [0.717, 1.165) is 50.6 Å². The summed E-state index contributed by atoms with van der Waals surface area (Å²) in [7, 11) is 0. The molecule has 5 heteroatoms. The molecule has 4 nitrogen and oxygen atoms in total. The van der Waals surface area contributed by atoms with Crippen molar-refractivity contribution in [3.63, 3.8) is 0 Å². The van der Waals surface area contributed by atoms with Gasteiger partial charge in [0.2, 0.25) is 0 Å². The molecule has 2 saturated heterocycles. The Bertz CT molecular complexity index is 559. The van der Waals surface area contributed by atoms with Gasteiger partial charge in [-0.3, -0.25) is 4.90 Å². The van der Waals surface area contributed by atoms with Gasteiger partial charge in [-0.15, -0.1) is 0 Å². The number of benzene rings is 1. The van der Waals surface area contributed by atoms with E-state index in [2.05, 4.69) is 36.2 Å². The third kappa shape index (κ3) is 5.35. The molecule has 0 bridgehead atoms. The second kappa shape index (κ2) is 8.41. The largest absolute Gasteiger partial charge is 0.335 e. The van der Waals surface area contributed by atoms with Crippen molar-refractivity contribution in [1.82, 2.24) is 15.1 Å². The summed E-state index contributed by atoms with van der Waals surface area (Å²) in [6, 6.07) is 8.52. The van der Waals surface area contributed by atoms with Crippen molar-refractivity contribution in [1.29, 1.82) is 0 Å². The van der Waals surface area contributed by atoms with Crippen LogP contribution in [0.15, 0.2) is 24.3 Å². The van der Waals surface area contributed by atoms with Crippen LogP contribution < -0.4 is 5.32 Å². The van der Waals surface area contributed by atoms with E-state index >= 15 is 0 Å². The lowest BCUT2D eigenvalue weighted by atomic mass is 9.92. The topological polar surface area (TPSA) is 35.6 Å². The fraction of sp³-hybridized carbons (Fsp3) is 0.650. The number of hydrogen-bond donors (Lipinski definition) is 1. The third-order valence-corrected chi connectivity index (χ3v) is 5.64. The standard InChI is InChI=1S/C20H30ClN3O/c1-15-11-16(2)13-24(12-15)20(25)22-19-7-9-23(10-8-19)14-17-3-5-18(21)6-4-17/h3-6,15-16,19H,7-14H2,1-2H3,(H,22,25). The number of hydrogen-bond acceptors (Lipinski definition) is 2. The first kappa shape index (κ1) is 18.5. The van der Waals surface area contributed by atoms with Crippen molar-refractivity contribution in [3.8, 4) is 0 Å². The summed E-state index contributed by atoms with van der Waals surface area (Å²) in [4.78, 5) is 17.0. The summed E-state index contributed by atoms with van der Waals surface area (Å²) in [5.74, 6) is 1.21. The van der Waals surface area contributed by atoms with Gasteiger partial charge >= 0.3 is 6.03 Å². The highest BCUT2D eigenvalue weighted by molar-refractivity contribution is 6.30. The lowest BCUT2D eigenvalue weighted by Gasteiger charge is -2.37. The van der Waals surface area contributed by atoms with E-state index in [9.17, 15) is 4.79 Å². The van der Waals surface area contributed by atoms with Crippen LogP contribution >= 0.6 is 11.6 Å². The van der Waals surface area contributed by atoms with Crippen LogP contribution in [0.2, 0.25) is 5.02 Å². The van der Waals surface area contributed by atoms with Crippen LogP contribution in [-0.2, 0) is 6.54 Å². The molecule has 0 aliphatic carbocycles. The Labute approximate surface area is 156 Å². The van der Waals surface area contributed by atoms with Gasteiger partial charge in [0.05, 0.1) is 0 Å². The number of nitrogens with zero attached hydrogens (tertiary/aromatic N) is 2. The molecule has 1 aromatic rings. The summed E-state index contributed by atoms with van der Waals surface area (Å²) < 4.78 is 0. The predicted octanol–water partition coefficient (Wildman–Crippen LogP) is 3.99. The van der Waals surface area contributed by atoms with E-state index in [1.54, 1.807) is 0 Å². The van der Waals surface area contributed by atoms with Gasteiger partial charge in [0.25, 0.3) is 0 Å². The summed E-state index contributed by atoms with van der Waals surface area (Å²) in [6.07, 6.45) is 3.28. The van der Waals surface area contributed by atoms with Crippen molar-refractivity contribution in [3.05, 3.63) is 34.9 Å². The Balaban J connectivity index is 1.43. The third-order valence-electron chi connectivity index (χ3n) is 5.39. The first-order valence-corrected chi connectivity index (χ1v) is 9.89. The molecular weight excluding hydrogens is 334 g/mol. The minimum absolute atomic E-state index is 0.134. The number of nitrogens with one attached hydrogen (secondary N) is 1. The molecule has 1 N–H and O–H groups in total. The monoisotopic (exact) mass is 363 g/mol. The lowest BCUT2D eigenvalue weighted by Crippen LogP contribution is -2.52. The van der Waals surface area contributed by atoms with Gasteiger partial charge in [-0.05, 0) is 48.8 Å². The molecule has 1 aromatic carbocycles. The molecule has 0 saturated carbocycles. The normalized spacial score (nSPS) is 25.8. The van der Waals surface area contributed by atoms with E-state index in [4.69, 9.17) is 11.6 Å². The van der Waals surface area contributed by atoms with Crippen molar-refractivity contribution in [2.24, 2.45) is 11.8 Å². The molecule has 3 rings (SSSR count). The molecular formula is C20H30ClN3O. The second-order valence-electron chi connectivity index (χ2n) is 7.98. The average Bonchev–Trinajstić information content (AvgIpc) is 2.58. The van der Waals surface area contributed by atoms with Crippen LogP contribution in [0.4, 0.5) is 4.79 Å². The Hall–Kier alpha value is -1.26. The molecule has 0 aromatic heterocycles. The molecule has 2 unspecified atom stereocenters. The van der Waals surface area contributed by atoms with Gasteiger partial charge < -0.3 is 10.2 Å². The quantitative estimate of drug-likeness (QED) is 0.881. The van der Waals surface area contributed by atoms with E-state index in [1.807, 2.05) is 17.0 Å². The van der Waals surface area contributed by atoms with Crippen LogP contribution in [-0.4, -0.2) is 48.1 Å². The zero-order valence-electron chi connectivity index (χ0n) is 15.4. The van der Waals surface area contributed by atoms with Gasteiger partial charge in [-0.2, -0.15) is 0 Å². The fourth-order valence-electron chi connectivity index (χ4n) is 4.18. The number of halogens is 1. The first-order chi connectivity index (χ1) is 12.0. The zero-order valence-corrected chi connectivity index (χ0v) is 16.1. The van der Waals surface area contributed by atoms with E-state index < -0.39 is 0 Å². The molecule has 2 aliphatic rings. The number of carbonyl (C=O) groups excluding carboxylic acids is 1. The molecule has 2 heterocycles. The predicted molar refractivity (Wildman–Crippen MR) is 103 cm³/mol. The molecule has 2 amide bonds. The maximum Gasteiger partial charge on any atom is 0.317 e. The molecule has 2 fully saturated rings. The highest BCUT2D eigenvalue weighted by Gasteiger charge is 2.27. The number of amides is 2. The van der Waals surface area contributed by atoms with Gasteiger partial charge in [0.1, 0.15) is 0 Å². The summed E-state index contributed by atoms with van der Waals surface area (Å²) >= 11 is 5.95. The van der Waals surface area contributed by atoms with Crippen molar-refractivity contribution < 1.29 is 4.79 Å². The van der Waals surface area contributed by atoms with Gasteiger partial charge in [0, 0.05) is 43.8 Å². The highest BCUT2D eigenvalue weighted by atomic mass is 35.5. The molecule has 2 atom stereocenters. The van der Waals surface area contributed by atoms with Crippen molar-refractivity contribution in [2.45, 2.75) is 45.7 Å². The maximum atomic E-state index is 12.6. The van der Waals surface area contributed by atoms with Crippen LogP contribution in [0, 0.1) is 11.8 Å². The lowest BCUT2D eigenvalue weighted by molar-refractivity contribution is 0.135. The number of carbonyl (C=O) groups is 1. The van der Waals surface area contributed by atoms with Crippen molar-refractivity contribution in [2.75, 3.05) is 26.2 Å². The van der Waals surface area contributed by atoms with E-state index in [1.165, 1.54) is 12.0 Å². The van der Waals surface area contributed by atoms with Gasteiger partial charge in [0.15, 0.2) is 0 Å². The number of likely N-dealkylation sites (tertiary alicyclic amines) is 2. The number of piperidine rings is 2. The fourth-order valence-corrected chi connectivity index (χ4v) is 4.30. The van der Waals surface area contributed by atoms with Crippen LogP contribution in [0.3, 0.4) is 0 Å². The maximum absolute atomic E-state index is 12.6. The molecule has 138 valence electrons. The van der Waals surface area contributed by atoms with Crippen LogP contribution in [0.25, 0.3) is 0 Å². The number of urea groups is 1. The summed E-state index contributed by atoms with van der Waals surface area (Å²) in [5.41, 5.74) is 1.29.